The Balaban J connectivity index is 1.31. The molecule has 0 aliphatic rings. The first-order valence-corrected chi connectivity index (χ1v) is 13.6. The highest BCUT2D eigenvalue weighted by atomic mass is 32.1. The lowest BCUT2D eigenvalue weighted by atomic mass is 10.0. The minimum absolute atomic E-state index is 0.511. The van der Waals surface area contributed by atoms with E-state index in [1.807, 2.05) is 89.1 Å². The van der Waals surface area contributed by atoms with E-state index in [1.54, 1.807) is 0 Å². The Kier molecular flexibility index (Phi) is 6.94. The number of nitriles is 1. The number of benzene rings is 4. The van der Waals surface area contributed by atoms with Gasteiger partial charge in [-0.3, -0.25) is 0 Å². The number of hydrogen-bond donors (Lipinski definition) is 0. The van der Waals surface area contributed by atoms with Crippen molar-refractivity contribution in [1.29, 1.82) is 5.26 Å². The number of aromatic nitrogens is 3. The molecular weight excluding hydrogens is 496 g/mol. The van der Waals surface area contributed by atoms with Gasteiger partial charge >= 0.3 is 0 Å². The van der Waals surface area contributed by atoms with Crippen LogP contribution < -0.4 is 0 Å². The highest BCUT2D eigenvalue weighted by Gasteiger charge is 2.15. The fourth-order valence-electron chi connectivity index (χ4n) is 4.48. The van der Waals surface area contributed by atoms with Crippen LogP contribution in [-0.4, -0.2) is 14.8 Å². The first kappa shape index (κ1) is 24.3. The summed E-state index contributed by atoms with van der Waals surface area (Å²) in [4.78, 5) is 4.83. The van der Waals surface area contributed by atoms with Crippen molar-refractivity contribution in [3.8, 4) is 34.3 Å². The van der Waals surface area contributed by atoms with Gasteiger partial charge in [-0.05, 0) is 35.8 Å². The average Bonchev–Trinajstić information content (AvgIpc) is 3.66. The monoisotopic (exact) mass is 520 g/mol. The zero-order valence-electron chi connectivity index (χ0n) is 21.1. The Morgan fingerprint density at radius 2 is 1.41 bits per heavy atom. The van der Waals surface area contributed by atoms with E-state index in [0.29, 0.717) is 10.6 Å². The van der Waals surface area contributed by atoms with Crippen molar-refractivity contribution >= 4 is 23.0 Å². The summed E-state index contributed by atoms with van der Waals surface area (Å²) in [5.41, 5.74) is 8.58. The summed E-state index contributed by atoms with van der Waals surface area (Å²) in [6, 6.07) is 41.3. The van der Waals surface area contributed by atoms with Crippen LogP contribution in [-0.2, 0) is 6.42 Å². The molecule has 0 saturated heterocycles. The van der Waals surface area contributed by atoms with Crippen LogP contribution in [0.15, 0.2) is 127 Å². The van der Waals surface area contributed by atoms with Crippen molar-refractivity contribution in [3.05, 3.63) is 149 Å². The van der Waals surface area contributed by atoms with Crippen LogP contribution in [0.25, 0.3) is 39.9 Å². The number of allylic oxidation sites excluding steroid dienone is 1. The van der Waals surface area contributed by atoms with Gasteiger partial charge in [0.15, 0.2) is 0 Å². The predicted molar refractivity (Wildman–Crippen MR) is 159 cm³/mol. The summed E-state index contributed by atoms with van der Waals surface area (Å²) >= 11 is 1.48. The maximum atomic E-state index is 10.1. The van der Waals surface area contributed by atoms with Crippen molar-refractivity contribution in [2.75, 3.05) is 0 Å². The van der Waals surface area contributed by atoms with Gasteiger partial charge in [0.25, 0.3) is 0 Å². The molecule has 0 atom stereocenters. The molecule has 0 fully saturated rings. The molecule has 2 aromatic heterocycles. The van der Waals surface area contributed by atoms with E-state index in [4.69, 9.17) is 10.1 Å². The summed E-state index contributed by atoms with van der Waals surface area (Å²) in [6.07, 6.45) is 4.75. The second-order valence-corrected chi connectivity index (χ2v) is 10.0. The van der Waals surface area contributed by atoms with Gasteiger partial charge in [-0.2, -0.15) is 10.4 Å². The van der Waals surface area contributed by atoms with Crippen LogP contribution in [0.2, 0.25) is 0 Å². The Hall–Kier alpha value is -5.05. The molecule has 6 rings (SSSR count). The third-order valence-corrected chi connectivity index (χ3v) is 7.34. The molecule has 4 nitrogen and oxygen atoms in total. The minimum atomic E-state index is 0.511. The van der Waals surface area contributed by atoms with Gasteiger partial charge in [-0.25, -0.2) is 9.67 Å². The Morgan fingerprint density at radius 3 is 2.10 bits per heavy atom. The van der Waals surface area contributed by atoms with Gasteiger partial charge in [0.1, 0.15) is 11.1 Å². The minimum Gasteiger partial charge on any atom is -0.240 e. The fraction of sp³-hybridized carbons (Fsp3) is 0.0294. The topological polar surface area (TPSA) is 54.5 Å². The van der Waals surface area contributed by atoms with Gasteiger partial charge in [0.05, 0.1) is 22.6 Å². The molecule has 0 unspecified atom stereocenters. The lowest BCUT2D eigenvalue weighted by Gasteiger charge is -2.03. The quantitative estimate of drug-likeness (QED) is 0.199. The zero-order chi connectivity index (χ0) is 26.4. The summed E-state index contributed by atoms with van der Waals surface area (Å²) in [5.74, 6) is 0. The van der Waals surface area contributed by atoms with E-state index < -0.39 is 0 Å². The molecule has 0 radical (unpaired) electrons. The van der Waals surface area contributed by atoms with E-state index >= 15 is 0 Å². The van der Waals surface area contributed by atoms with Gasteiger partial charge in [-0.15, -0.1) is 11.3 Å². The van der Waals surface area contributed by atoms with Crippen molar-refractivity contribution in [3.63, 3.8) is 0 Å². The maximum Gasteiger partial charge on any atom is 0.134 e. The standard InChI is InChI=1S/C34H24N4S/c35-22-29(21-30-23-38(31-14-8-3-9-15-31)37-33(30)28-12-6-2-7-13-28)34-36-32(24-39-34)27-18-16-26(17-19-27)20-25-10-4-1-5-11-25/h1-19,21,23-24H,20H2/b29-21+. The van der Waals surface area contributed by atoms with Crippen molar-refractivity contribution in [1.82, 2.24) is 14.8 Å². The normalized spacial score (nSPS) is 11.3. The molecule has 4 aromatic carbocycles. The van der Waals surface area contributed by atoms with Crippen LogP contribution in [0.1, 0.15) is 21.7 Å². The second kappa shape index (κ2) is 11.1. The van der Waals surface area contributed by atoms with E-state index in [2.05, 4.69) is 54.6 Å². The first-order chi connectivity index (χ1) is 19.3. The van der Waals surface area contributed by atoms with Crippen LogP contribution in [0.4, 0.5) is 0 Å². The number of hydrogen-bond acceptors (Lipinski definition) is 4. The maximum absolute atomic E-state index is 10.1. The summed E-state index contributed by atoms with van der Waals surface area (Å²) in [6.45, 7) is 0. The molecule has 5 heteroatoms. The first-order valence-electron chi connectivity index (χ1n) is 12.7. The lowest BCUT2D eigenvalue weighted by molar-refractivity contribution is 0.884. The molecule has 0 amide bonds. The summed E-state index contributed by atoms with van der Waals surface area (Å²) in [7, 11) is 0. The van der Waals surface area contributed by atoms with Crippen LogP contribution >= 0.6 is 11.3 Å². The van der Waals surface area contributed by atoms with E-state index in [9.17, 15) is 5.26 Å². The Labute approximate surface area is 231 Å². The third-order valence-electron chi connectivity index (χ3n) is 6.47. The molecule has 0 bridgehead atoms. The van der Waals surface area contributed by atoms with Crippen molar-refractivity contribution < 1.29 is 0 Å². The van der Waals surface area contributed by atoms with E-state index in [1.165, 1.54) is 22.5 Å². The van der Waals surface area contributed by atoms with Gasteiger partial charge in [0.2, 0.25) is 0 Å². The SMILES string of the molecule is N#C/C(=C\c1cn(-c2ccccc2)nc1-c1ccccc1)c1nc(-c2ccc(Cc3ccccc3)cc2)cs1. The number of rotatable bonds is 7. The van der Waals surface area contributed by atoms with E-state index in [-0.39, 0.29) is 0 Å². The van der Waals surface area contributed by atoms with Gasteiger partial charge < -0.3 is 0 Å². The third kappa shape index (κ3) is 5.47. The molecular formula is C34H24N4S. The van der Waals surface area contributed by atoms with Crippen LogP contribution in [0.5, 0.6) is 0 Å². The van der Waals surface area contributed by atoms with Gasteiger partial charge in [-0.1, -0.05) is 103 Å². The Morgan fingerprint density at radius 1 is 0.769 bits per heavy atom. The largest absolute Gasteiger partial charge is 0.240 e. The molecule has 6 aromatic rings. The molecule has 2 heterocycles. The second-order valence-electron chi connectivity index (χ2n) is 9.15. The lowest BCUT2D eigenvalue weighted by Crippen LogP contribution is -1.93. The highest BCUT2D eigenvalue weighted by Crippen LogP contribution is 2.31. The smallest absolute Gasteiger partial charge is 0.134 e. The average molecular weight is 521 g/mol. The Bertz CT molecular complexity index is 1760. The molecule has 39 heavy (non-hydrogen) atoms. The van der Waals surface area contributed by atoms with Gasteiger partial charge in [0, 0.05) is 28.3 Å². The van der Waals surface area contributed by atoms with E-state index in [0.717, 1.165) is 40.2 Å². The highest BCUT2D eigenvalue weighted by molar-refractivity contribution is 7.11. The predicted octanol–water partition coefficient (Wildman–Crippen LogP) is 8.32. The van der Waals surface area contributed by atoms with Crippen molar-refractivity contribution in [2.45, 2.75) is 6.42 Å². The molecule has 186 valence electrons. The zero-order valence-corrected chi connectivity index (χ0v) is 21.9. The van der Waals surface area contributed by atoms with Crippen LogP contribution in [0.3, 0.4) is 0 Å². The molecule has 0 saturated carbocycles. The summed E-state index contributed by atoms with van der Waals surface area (Å²) < 4.78 is 1.85. The molecule has 0 aliphatic heterocycles. The number of thiazole rings is 1. The van der Waals surface area contributed by atoms with Crippen LogP contribution in [0, 0.1) is 11.3 Å². The number of nitrogens with zero attached hydrogens (tertiary/aromatic N) is 4. The molecule has 0 spiro atoms. The van der Waals surface area contributed by atoms with Crippen molar-refractivity contribution in [2.24, 2.45) is 0 Å². The fourth-order valence-corrected chi connectivity index (χ4v) is 5.27. The molecule has 0 N–H and O–H groups in total. The molecule has 0 aliphatic carbocycles. The number of para-hydroxylation sites is 1. The summed E-state index contributed by atoms with van der Waals surface area (Å²) in [5, 5.41) is 17.7.